The van der Waals surface area contributed by atoms with Crippen LogP contribution in [0.1, 0.15) is 11.6 Å². The number of nitrogens with zero attached hydrogens (tertiary/aromatic N) is 3. The summed E-state index contributed by atoms with van der Waals surface area (Å²) in [6.07, 6.45) is 0. The standard InChI is InChI=1S/C13H18BrClN4/c1-18(2)5-6-19-12(8-17-13(19)16)9-3-4-11(15)10(14)7-9/h3-4,7,12H,5-6,8H2,1-2H3,(H2,16,17). The second kappa shape index (κ2) is 6.11. The van der Waals surface area contributed by atoms with Gasteiger partial charge >= 0.3 is 0 Å². The Bertz CT molecular complexity index is 490. The number of likely N-dealkylation sites (N-methyl/N-ethyl adjacent to an activating group) is 1. The number of rotatable bonds is 4. The molecular weight excluding hydrogens is 328 g/mol. The third kappa shape index (κ3) is 3.41. The van der Waals surface area contributed by atoms with Crippen LogP contribution in [0.5, 0.6) is 0 Å². The lowest BCUT2D eigenvalue weighted by atomic mass is 10.1. The Hall–Kier alpha value is -0.780. The fourth-order valence-electron chi connectivity index (χ4n) is 2.11. The molecule has 4 nitrogen and oxygen atoms in total. The zero-order chi connectivity index (χ0) is 14.0. The Labute approximate surface area is 127 Å². The molecule has 0 spiro atoms. The Morgan fingerprint density at radius 3 is 2.89 bits per heavy atom. The van der Waals surface area contributed by atoms with Crippen molar-refractivity contribution in [3.8, 4) is 0 Å². The molecule has 0 amide bonds. The molecule has 2 N–H and O–H groups in total. The first-order chi connectivity index (χ1) is 8.99. The largest absolute Gasteiger partial charge is 0.370 e. The van der Waals surface area contributed by atoms with Gasteiger partial charge in [0.15, 0.2) is 5.96 Å². The minimum Gasteiger partial charge on any atom is -0.370 e. The molecule has 104 valence electrons. The first-order valence-electron chi connectivity index (χ1n) is 6.15. The second-order valence-corrected chi connectivity index (χ2v) is 6.15. The van der Waals surface area contributed by atoms with Crippen molar-refractivity contribution in [3.05, 3.63) is 33.3 Å². The SMILES string of the molecule is CN(C)CCN1C(N)=NCC1c1ccc(Cl)c(Br)c1. The second-order valence-electron chi connectivity index (χ2n) is 4.88. The van der Waals surface area contributed by atoms with Gasteiger partial charge in [-0.2, -0.15) is 0 Å². The van der Waals surface area contributed by atoms with E-state index in [1.807, 2.05) is 18.2 Å². The number of aliphatic imine (C=N–C) groups is 1. The van der Waals surface area contributed by atoms with Crippen molar-refractivity contribution in [2.75, 3.05) is 33.7 Å². The minimum absolute atomic E-state index is 0.202. The molecule has 1 atom stereocenters. The molecule has 19 heavy (non-hydrogen) atoms. The summed E-state index contributed by atoms with van der Waals surface area (Å²) in [4.78, 5) is 8.65. The summed E-state index contributed by atoms with van der Waals surface area (Å²) in [5.41, 5.74) is 7.16. The molecule has 1 heterocycles. The van der Waals surface area contributed by atoms with Gasteiger partial charge in [0.05, 0.1) is 17.6 Å². The van der Waals surface area contributed by atoms with Crippen molar-refractivity contribution in [2.24, 2.45) is 10.7 Å². The van der Waals surface area contributed by atoms with Crippen molar-refractivity contribution >= 4 is 33.5 Å². The summed E-state index contributed by atoms with van der Waals surface area (Å²) < 4.78 is 0.907. The van der Waals surface area contributed by atoms with E-state index >= 15 is 0 Å². The number of halogens is 2. The van der Waals surface area contributed by atoms with E-state index < -0.39 is 0 Å². The van der Waals surface area contributed by atoms with Crippen molar-refractivity contribution in [3.63, 3.8) is 0 Å². The van der Waals surface area contributed by atoms with Crippen LogP contribution in [0.3, 0.4) is 0 Å². The summed E-state index contributed by atoms with van der Waals surface area (Å²) >= 11 is 9.50. The fourth-order valence-corrected chi connectivity index (χ4v) is 2.63. The van der Waals surface area contributed by atoms with Crippen LogP contribution in [0.2, 0.25) is 5.02 Å². The van der Waals surface area contributed by atoms with Crippen molar-refractivity contribution < 1.29 is 0 Å². The lowest BCUT2D eigenvalue weighted by Crippen LogP contribution is -2.40. The number of benzene rings is 1. The maximum Gasteiger partial charge on any atom is 0.191 e. The number of guanidine groups is 1. The molecular formula is C13H18BrClN4. The zero-order valence-corrected chi connectivity index (χ0v) is 13.4. The van der Waals surface area contributed by atoms with Crippen LogP contribution in [0.25, 0.3) is 0 Å². The lowest BCUT2D eigenvalue weighted by Gasteiger charge is -2.28. The van der Waals surface area contributed by atoms with Gasteiger partial charge in [0.2, 0.25) is 0 Å². The smallest absolute Gasteiger partial charge is 0.191 e. The average Bonchev–Trinajstić information content (AvgIpc) is 2.71. The highest BCUT2D eigenvalue weighted by atomic mass is 79.9. The van der Waals surface area contributed by atoms with Gasteiger partial charge in [0.1, 0.15) is 0 Å². The highest BCUT2D eigenvalue weighted by Crippen LogP contribution is 2.30. The predicted octanol–water partition coefficient (Wildman–Crippen LogP) is 2.34. The molecule has 0 aromatic heterocycles. The summed E-state index contributed by atoms with van der Waals surface area (Å²) in [6, 6.07) is 6.19. The topological polar surface area (TPSA) is 44.9 Å². The third-order valence-electron chi connectivity index (χ3n) is 3.21. The third-order valence-corrected chi connectivity index (χ3v) is 4.43. The molecule has 1 aromatic carbocycles. The summed E-state index contributed by atoms with van der Waals surface area (Å²) in [6.45, 7) is 2.52. The van der Waals surface area contributed by atoms with Crippen LogP contribution in [-0.4, -0.2) is 49.5 Å². The minimum atomic E-state index is 0.202. The number of hydrogen-bond acceptors (Lipinski definition) is 4. The molecule has 0 aliphatic carbocycles. The van der Waals surface area contributed by atoms with Crippen LogP contribution in [0.15, 0.2) is 27.7 Å². The molecule has 2 rings (SSSR count). The molecule has 0 radical (unpaired) electrons. The Balaban J connectivity index is 2.16. The highest BCUT2D eigenvalue weighted by molar-refractivity contribution is 9.10. The molecule has 1 unspecified atom stereocenters. The van der Waals surface area contributed by atoms with Crippen LogP contribution in [0.4, 0.5) is 0 Å². The molecule has 1 aromatic rings. The van der Waals surface area contributed by atoms with E-state index in [1.165, 1.54) is 5.56 Å². The molecule has 1 aliphatic heterocycles. The highest BCUT2D eigenvalue weighted by Gasteiger charge is 2.27. The van der Waals surface area contributed by atoms with E-state index in [0.717, 1.165) is 22.6 Å². The first-order valence-corrected chi connectivity index (χ1v) is 7.32. The van der Waals surface area contributed by atoms with Crippen molar-refractivity contribution in [2.45, 2.75) is 6.04 Å². The Morgan fingerprint density at radius 1 is 1.53 bits per heavy atom. The van der Waals surface area contributed by atoms with Gasteiger partial charge in [0.25, 0.3) is 0 Å². The van der Waals surface area contributed by atoms with Crippen LogP contribution in [0, 0.1) is 0 Å². The molecule has 0 bridgehead atoms. The molecule has 6 heteroatoms. The Morgan fingerprint density at radius 2 is 2.26 bits per heavy atom. The Kier molecular flexibility index (Phi) is 4.71. The van der Waals surface area contributed by atoms with Crippen molar-refractivity contribution in [1.82, 2.24) is 9.80 Å². The maximum absolute atomic E-state index is 6.03. The van der Waals surface area contributed by atoms with E-state index in [0.29, 0.717) is 12.5 Å². The first kappa shape index (κ1) is 14.6. The van der Waals surface area contributed by atoms with E-state index in [-0.39, 0.29) is 6.04 Å². The number of hydrogen-bond donors (Lipinski definition) is 1. The summed E-state index contributed by atoms with van der Waals surface area (Å²) in [7, 11) is 4.11. The summed E-state index contributed by atoms with van der Waals surface area (Å²) in [5.74, 6) is 0.623. The normalized spacial score (nSPS) is 19.1. The van der Waals surface area contributed by atoms with Gasteiger partial charge in [-0.05, 0) is 47.7 Å². The van der Waals surface area contributed by atoms with Crippen molar-refractivity contribution in [1.29, 1.82) is 0 Å². The summed E-state index contributed by atoms with van der Waals surface area (Å²) in [5, 5.41) is 0.718. The van der Waals surface area contributed by atoms with Gasteiger partial charge in [0, 0.05) is 17.6 Å². The molecule has 0 saturated carbocycles. The zero-order valence-electron chi connectivity index (χ0n) is 11.1. The quantitative estimate of drug-likeness (QED) is 0.911. The molecule has 0 saturated heterocycles. The maximum atomic E-state index is 6.03. The van der Waals surface area contributed by atoms with Crippen LogP contribution >= 0.6 is 27.5 Å². The van der Waals surface area contributed by atoms with Gasteiger partial charge in [-0.3, -0.25) is 4.99 Å². The van der Waals surface area contributed by atoms with Gasteiger partial charge in [-0.1, -0.05) is 17.7 Å². The molecule has 0 fully saturated rings. The van der Waals surface area contributed by atoms with E-state index in [9.17, 15) is 0 Å². The molecule has 1 aliphatic rings. The van der Waals surface area contributed by atoms with E-state index in [1.54, 1.807) is 0 Å². The predicted molar refractivity (Wildman–Crippen MR) is 83.6 cm³/mol. The fraction of sp³-hybridized carbons (Fsp3) is 0.462. The van der Waals surface area contributed by atoms with Crippen LogP contribution < -0.4 is 5.73 Å². The van der Waals surface area contributed by atoms with E-state index in [4.69, 9.17) is 17.3 Å². The average molecular weight is 346 g/mol. The van der Waals surface area contributed by atoms with Gasteiger partial charge in [-0.15, -0.1) is 0 Å². The number of nitrogens with two attached hydrogens (primary N) is 1. The van der Waals surface area contributed by atoms with Gasteiger partial charge < -0.3 is 15.5 Å². The van der Waals surface area contributed by atoms with Crippen LogP contribution in [-0.2, 0) is 0 Å². The van der Waals surface area contributed by atoms with E-state index in [2.05, 4.69) is 44.8 Å². The lowest BCUT2D eigenvalue weighted by molar-refractivity contribution is 0.293. The monoisotopic (exact) mass is 344 g/mol. The van der Waals surface area contributed by atoms with Gasteiger partial charge in [-0.25, -0.2) is 0 Å².